The van der Waals surface area contributed by atoms with Gasteiger partial charge in [-0.25, -0.2) is 0 Å². The molecule has 2 nitrogen and oxygen atoms in total. The molecule has 2 heteroatoms. The summed E-state index contributed by atoms with van der Waals surface area (Å²) < 4.78 is 0. The fourth-order valence-corrected chi connectivity index (χ4v) is 2.37. The van der Waals surface area contributed by atoms with E-state index >= 15 is 0 Å². The fourth-order valence-electron chi connectivity index (χ4n) is 2.37. The summed E-state index contributed by atoms with van der Waals surface area (Å²) in [7, 11) is 0. The van der Waals surface area contributed by atoms with Crippen molar-refractivity contribution in [1.82, 2.24) is 4.90 Å². The minimum Gasteiger partial charge on any atom is -0.507 e. The smallest absolute Gasteiger partial charge is 0.122 e. The molecule has 0 unspecified atom stereocenters. The van der Waals surface area contributed by atoms with E-state index in [0.717, 1.165) is 30.8 Å². The standard InChI is InChI=1S/C19H25NO/c1-5-9-17-13-16(14-18(10-6-2)19(17)21)15-20(11-7-3)12-8-4/h5-8,13-14,21H,1-4,9-12,15H2. The lowest BCUT2D eigenvalue weighted by Gasteiger charge is -2.20. The van der Waals surface area contributed by atoms with Crippen LogP contribution in [-0.4, -0.2) is 23.1 Å². The van der Waals surface area contributed by atoms with Crippen molar-refractivity contribution < 1.29 is 5.11 Å². The van der Waals surface area contributed by atoms with E-state index in [4.69, 9.17) is 0 Å². The van der Waals surface area contributed by atoms with Crippen molar-refractivity contribution in [2.24, 2.45) is 0 Å². The van der Waals surface area contributed by atoms with Crippen LogP contribution in [0.2, 0.25) is 0 Å². The number of benzene rings is 1. The molecule has 0 aliphatic heterocycles. The lowest BCUT2D eigenvalue weighted by Crippen LogP contribution is -2.23. The molecule has 1 rings (SSSR count). The Kier molecular flexibility index (Phi) is 7.27. The van der Waals surface area contributed by atoms with Gasteiger partial charge in [0.2, 0.25) is 0 Å². The third-order valence-electron chi connectivity index (χ3n) is 3.24. The Labute approximate surface area is 128 Å². The monoisotopic (exact) mass is 283 g/mol. The highest BCUT2D eigenvalue weighted by Gasteiger charge is 2.10. The third-order valence-corrected chi connectivity index (χ3v) is 3.24. The average molecular weight is 283 g/mol. The maximum absolute atomic E-state index is 10.3. The van der Waals surface area contributed by atoms with Crippen LogP contribution >= 0.6 is 0 Å². The first kappa shape index (κ1) is 17.0. The molecule has 21 heavy (non-hydrogen) atoms. The predicted molar refractivity (Wildman–Crippen MR) is 91.6 cm³/mol. The highest BCUT2D eigenvalue weighted by atomic mass is 16.3. The van der Waals surface area contributed by atoms with Gasteiger partial charge in [-0.2, -0.15) is 0 Å². The number of hydrogen-bond acceptors (Lipinski definition) is 2. The number of nitrogens with zero attached hydrogens (tertiary/aromatic N) is 1. The van der Waals surface area contributed by atoms with Crippen molar-refractivity contribution in [2.45, 2.75) is 19.4 Å². The highest BCUT2D eigenvalue weighted by molar-refractivity contribution is 5.45. The van der Waals surface area contributed by atoms with E-state index in [1.165, 1.54) is 5.56 Å². The number of hydrogen-bond donors (Lipinski definition) is 1. The second-order valence-corrected chi connectivity index (χ2v) is 5.02. The Morgan fingerprint density at radius 3 is 1.71 bits per heavy atom. The van der Waals surface area contributed by atoms with Crippen molar-refractivity contribution in [3.05, 3.63) is 79.4 Å². The van der Waals surface area contributed by atoms with Crippen LogP contribution < -0.4 is 0 Å². The Balaban J connectivity index is 3.09. The minimum atomic E-state index is 0.359. The van der Waals surface area contributed by atoms with E-state index in [9.17, 15) is 5.11 Å². The molecular weight excluding hydrogens is 258 g/mol. The third kappa shape index (κ3) is 5.09. The van der Waals surface area contributed by atoms with Gasteiger partial charge < -0.3 is 5.11 Å². The van der Waals surface area contributed by atoms with Crippen molar-refractivity contribution >= 4 is 0 Å². The van der Waals surface area contributed by atoms with Crippen LogP contribution in [0.15, 0.2) is 62.8 Å². The molecule has 0 bridgehead atoms. The van der Waals surface area contributed by atoms with Crippen LogP contribution in [-0.2, 0) is 19.4 Å². The maximum Gasteiger partial charge on any atom is 0.122 e. The molecule has 1 aromatic carbocycles. The van der Waals surface area contributed by atoms with Crippen LogP contribution in [0.4, 0.5) is 0 Å². The SMILES string of the molecule is C=CCc1cc(CN(CC=C)CC=C)cc(CC=C)c1O. The summed E-state index contributed by atoms with van der Waals surface area (Å²) in [4.78, 5) is 2.24. The number of rotatable bonds is 10. The molecule has 0 amide bonds. The first-order valence-electron chi connectivity index (χ1n) is 7.15. The quantitative estimate of drug-likeness (QED) is 0.655. The van der Waals surface area contributed by atoms with E-state index in [-0.39, 0.29) is 0 Å². The van der Waals surface area contributed by atoms with E-state index in [1.807, 2.05) is 36.4 Å². The Morgan fingerprint density at radius 1 is 0.857 bits per heavy atom. The largest absolute Gasteiger partial charge is 0.507 e. The van der Waals surface area contributed by atoms with Gasteiger partial charge in [0.15, 0.2) is 0 Å². The zero-order chi connectivity index (χ0) is 15.7. The lowest BCUT2D eigenvalue weighted by molar-refractivity contribution is 0.327. The van der Waals surface area contributed by atoms with Crippen LogP contribution in [0.5, 0.6) is 5.75 Å². The summed E-state index contributed by atoms with van der Waals surface area (Å²) in [5.74, 6) is 0.359. The molecule has 1 aromatic rings. The molecule has 0 aromatic heterocycles. The minimum absolute atomic E-state index is 0.359. The van der Waals surface area contributed by atoms with E-state index < -0.39 is 0 Å². The molecule has 0 aliphatic rings. The Bertz CT molecular complexity index is 475. The van der Waals surface area contributed by atoms with Gasteiger partial charge in [0, 0.05) is 19.6 Å². The second kappa shape index (κ2) is 8.98. The summed E-state index contributed by atoms with van der Waals surface area (Å²) in [6, 6.07) is 4.09. The molecule has 0 heterocycles. The molecular formula is C19H25NO. The zero-order valence-electron chi connectivity index (χ0n) is 12.7. The first-order valence-corrected chi connectivity index (χ1v) is 7.15. The van der Waals surface area contributed by atoms with Gasteiger partial charge in [0.1, 0.15) is 5.75 Å². The number of aromatic hydroxyl groups is 1. The Hall–Kier alpha value is -2.06. The highest BCUT2D eigenvalue weighted by Crippen LogP contribution is 2.27. The van der Waals surface area contributed by atoms with Gasteiger partial charge in [-0.05, 0) is 29.5 Å². The molecule has 0 saturated heterocycles. The molecule has 0 spiro atoms. The molecule has 112 valence electrons. The summed E-state index contributed by atoms with van der Waals surface area (Å²) in [5.41, 5.74) is 3.00. The lowest BCUT2D eigenvalue weighted by atomic mass is 9.99. The number of allylic oxidation sites excluding steroid dienone is 2. The number of phenols is 1. The van der Waals surface area contributed by atoms with Crippen molar-refractivity contribution in [2.75, 3.05) is 13.1 Å². The van der Waals surface area contributed by atoms with Gasteiger partial charge in [-0.1, -0.05) is 36.4 Å². The summed E-state index contributed by atoms with van der Waals surface area (Å²) in [5, 5.41) is 10.3. The van der Waals surface area contributed by atoms with Crippen LogP contribution in [0.1, 0.15) is 16.7 Å². The van der Waals surface area contributed by atoms with Crippen LogP contribution in [0.25, 0.3) is 0 Å². The second-order valence-electron chi connectivity index (χ2n) is 5.02. The molecule has 0 radical (unpaired) electrons. The summed E-state index contributed by atoms with van der Waals surface area (Å²) >= 11 is 0. The molecule has 0 fully saturated rings. The predicted octanol–water partition coefficient (Wildman–Crippen LogP) is 4.02. The molecule has 1 N–H and O–H groups in total. The van der Waals surface area contributed by atoms with Crippen molar-refractivity contribution in [1.29, 1.82) is 0 Å². The van der Waals surface area contributed by atoms with Gasteiger partial charge in [0.25, 0.3) is 0 Å². The zero-order valence-corrected chi connectivity index (χ0v) is 12.7. The molecule has 0 saturated carbocycles. The molecule has 0 atom stereocenters. The van der Waals surface area contributed by atoms with Gasteiger partial charge >= 0.3 is 0 Å². The van der Waals surface area contributed by atoms with E-state index in [0.29, 0.717) is 18.6 Å². The fraction of sp³-hybridized carbons (Fsp3) is 0.263. The van der Waals surface area contributed by atoms with Gasteiger partial charge in [-0.15, -0.1) is 26.3 Å². The summed E-state index contributed by atoms with van der Waals surface area (Å²) in [6.45, 7) is 17.5. The van der Waals surface area contributed by atoms with Gasteiger partial charge in [-0.3, -0.25) is 4.90 Å². The number of phenolic OH excluding ortho intramolecular Hbond substituents is 1. The van der Waals surface area contributed by atoms with Crippen molar-refractivity contribution in [3.63, 3.8) is 0 Å². The van der Waals surface area contributed by atoms with E-state index in [2.05, 4.69) is 31.2 Å². The summed E-state index contributed by atoms with van der Waals surface area (Å²) in [6.07, 6.45) is 8.71. The van der Waals surface area contributed by atoms with E-state index in [1.54, 1.807) is 0 Å². The first-order chi connectivity index (χ1) is 10.2. The normalized spacial score (nSPS) is 10.3. The Morgan fingerprint density at radius 2 is 1.33 bits per heavy atom. The van der Waals surface area contributed by atoms with Gasteiger partial charge in [0.05, 0.1) is 0 Å². The topological polar surface area (TPSA) is 23.5 Å². The molecule has 0 aliphatic carbocycles. The van der Waals surface area contributed by atoms with Crippen molar-refractivity contribution in [3.8, 4) is 5.75 Å². The average Bonchev–Trinajstić information content (AvgIpc) is 2.45. The maximum atomic E-state index is 10.3. The van der Waals surface area contributed by atoms with Crippen LogP contribution in [0, 0.1) is 0 Å². The van der Waals surface area contributed by atoms with Crippen LogP contribution in [0.3, 0.4) is 0 Å².